The van der Waals surface area contributed by atoms with Gasteiger partial charge < -0.3 is 24.3 Å². The van der Waals surface area contributed by atoms with Crippen LogP contribution in [0.1, 0.15) is 34.6 Å². The molecule has 1 amide bonds. The normalized spacial score (nSPS) is 13.2. The molecule has 8 nitrogen and oxygen atoms in total. The summed E-state index contributed by atoms with van der Waals surface area (Å²) in [6, 6.07) is 9.46. The highest BCUT2D eigenvalue weighted by Crippen LogP contribution is 2.40. The van der Waals surface area contributed by atoms with E-state index in [0.29, 0.717) is 41.7 Å². The monoisotopic (exact) mass is 399 g/mol. The summed E-state index contributed by atoms with van der Waals surface area (Å²) < 4.78 is 21.5. The first-order chi connectivity index (χ1) is 13.9. The third kappa shape index (κ3) is 4.66. The minimum atomic E-state index is -1.07. The molecule has 152 valence electrons. The maximum Gasteiger partial charge on any atom is 0.339 e. The Morgan fingerprint density at radius 2 is 1.83 bits per heavy atom. The molecule has 0 saturated heterocycles. The number of anilines is 1. The number of fused-ring (bicyclic) bond motifs is 1. The highest BCUT2D eigenvalue weighted by molar-refractivity contribution is 5.99. The molecule has 0 bridgehead atoms. The average Bonchev–Trinajstić information content (AvgIpc) is 2.72. The molecule has 3 rings (SSSR count). The zero-order chi connectivity index (χ0) is 21.0. The Labute approximate surface area is 167 Å². The molecule has 0 unspecified atom stereocenters. The van der Waals surface area contributed by atoms with E-state index in [4.69, 9.17) is 18.9 Å². The number of carbonyl (C=O) groups excluding carboxylic acids is 3. The summed E-state index contributed by atoms with van der Waals surface area (Å²) in [5, 5.41) is 2.63. The van der Waals surface area contributed by atoms with Gasteiger partial charge in [-0.2, -0.15) is 0 Å². The third-order valence-electron chi connectivity index (χ3n) is 4.25. The fourth-order valence-electron chi connectivity index (χ4n) is 2.73. The van der Waals surface area contributed by atoms with Gasteiger partial charge >= 0.3 is 5.97 Å². The number of carbonyl (C=O) groups is 3. The molecule has 1 aliphatic heterocycles. The van der Waals surface area contributed by atoms with E-state index in [1.54, 1.807) is 24.3 Å². The van der Waals surface area contributed by atoms with Crippen LogP contribution in [0.4, 0.5) is 5.69 Å². The summed E-state index contributed by atoms with van der Waals surface area (Å²) in [5.74, 6) is -0.212. The molecule has 0 spiro atoms. The first-order valence-corrected chi connectivity index (χ1v) is 8.99. The van der Waals surface area contributed by atoms with Crippen molar-refractivity contribution in [2.24, 2.45) is 0 Å². The van der Waals surface area contributed by atoms with Gasteiger partial charge in [0.2, 0.25) is 5.75 Å². The van der Waals surface area contributed by atoms with Crippen LogP contribution in [0.2, 0.25) is 0 Å². The number of nitrogens with one attached hydrogen (secondary N) is 1. The molecule has 0 aromatic heterocycles. The van der Waals surface area contributed by atoms with Crippen LogP contribution in [-0.2, 0) is 9.53 Å². The van der Waals surface area contributed by atoms with Crippen molar-refractivity contribution in [2.45, 2.75) is 20.0 Å². The largest absolute Gasteiger partial charge is 0.493 e. The Hall–Kier alpha value is -3.55. The van der Waals surface area contributed by atoms with E-state index in [1.807, 2.05) is 0 Å². The maximum atomic E-state index is 12.5. The van der Waals surface area contributed by atoms with E-state index in [1.165, 1.54) is 33.1 Å². The molecule has 0 radical (unpaired) electrons. The third-order valence-corrected chi connectivity index (χ3v) is 4.25. The van der Waals surface area contributed by atoms with Crippen LogP contribution >= 0.6 is 0 Å². The Bertz CT molecular complexity index is 937. The van der Waals surface area contributed by atoms with E-state index < -0.39 is 18.0 Å². The fraction of sp³-hybridized carbons (Fsp3) is 0.286. The summed E-state index contributed by atoms with van der Waals surface area (Å²) in [5.41, 5.74) is 1.08. The molecule has 1 aliphatic rings. The molecule has 29 heavy (non-hydrogen) atoms. The lowest BCUT2D eigenvalue weighted by atomic mass is 10.1. The summed E-state index contributed by atoms with van der Waals surface area (Å²) in [6.45, 7) is 3.63. The van der Waals surface area contributed by atoms with Gasteiger partial charge in [-0.3, -0.25) is 9.59 Å². The second-order valence-electron chi connectivity index (χ2n) is 6.38. The standard InChI is InChI=1S/C21H21NO7/c1-12(23)14-5-4-6-16(9-14)22-20(24)13(2)29-21(25)15-10-17(26-3)19-18(11-15)27-7-8-28-19/h4-6,9-11,13H,7-8H2,1-3H3,(H,22,24)/t13-/m0/s1. The van der Waals surface area contributed by atoms with E-state index in [2.05, 4.69) is 5.32 Å². The van der Waals surface area contributed by atoms with Gasteiger partial charge in [-0.05, 0) is 38.1 Å². The van der Waals surface area contributed by atoms with Crippen molar-refractivity contribution in [3.05, 3.63) is 47.5 Å². The molecular weight excluding hydrogens is 378 g/mol. The maximum absolute atomic E-state index is 12.5. The molecule has 0 saturated carbocycles. The Morgan fingerprint density at radius 1 is 1.07 bits per heavy atom. The smallest absolute Gasteiger partial charge is 0.339 e. The number of Topliss-reactive ketones (excluding diaryl/α,β-unsaturated/α-hetero) is 1. The van der Waals surface area contributed by atoms with Gasteiger partial charge in [0.25, 0.3) is 5.91 Å². The minimum Gasteiger partial charge on any atom is -0.493 e. The lowest BCUT2D eigenvalue weighted by Crippen LogP contribution is -2.30. The molecule has 2 aromatic rings. The number of methoxy groups -OCH3 is 1. The van der Waals surface area contributed by atoms with Gasteiger partial charge in [-0.25, -0.2) is 4.79 Å². The SMILES string of the molecule is COc1cc(C(=O)O[C@@H](C)C(=O)Nc2cccc(C(C)=O)c2)cc2c1OCCO2. The summed E-state index contributed by atoms with van der Waals surface area (Å²) in [7, 11) is 1.45. The number of amides is 1. The molecular formula is C21H21NO7. The van der Waals surface area contributed by atoms with E-state index in [9.17, 15) is 14.4 Å². The van der Waals surface area contributed by atoms with E-state index >= 15 is 0 Å². The summed E-state index contributed by atoms with van der Waals surface area (Å²) >= 11 is 0. The van der Waals surface area contributed by atoms with Crippen LogP contribution in [0, 0.1) is 0 Å². The summed E-state index contributed by atoms with van der Waals surface area (Å²) in [4.78, 5) is 36.3. The van der Waals surface area contributed by atoms with Crippen molar-refractivity contribution in [1.29, 1.82) is 0 Å². The zero-order valence-electron chi connectivity index (χ0n) is 16.3. The van der Waals surface area contributed by atoms with Crippen LogP contribution in [0.25, 0.3) is 0 Å². The second kappa shape index (κ2) is 8.64. The topological polar surface area (TPSA) is 100 Å². The van der Waals surface area contributed by atoms with Gasteiger partial charge in [0, 0.05) is 11.3 Å². The molecule has 0 aliphatic carbocycles. The highest BCUT2D eigenvalue weighted by atomic mass is 16.6. The molecule has 2 aromatic carbocycles. The number of ether oxygens (including phenoxy) is 4. The Kier molecular flexibility index (Phi) is 6.01. The molecule has 1 N–H and O–H groups in total. The van der Waals surface area contributed by atoms with Gasteiger partial charge in [-0.1, -0.05) is 12.1 Å². The number of hydrogen-bond acceptors (Lipinski definition) is 7. The molecule has 8 heteroatoms. The summed E-state index contributed by atoms with van der Waals surface area (Å²) in [6.07, 6.45) is -1.07. The van der Waals surface area contributed by atoms with Crippen LogP contribution in [0.3, 0.4) is 0 Å². The number of rotatable bonds is 6. The Balaban J connectivity index is 1.69. The van der Waals surface area contributed by atoms with Crippen molar-refractivity contribution in [2.75, 3.05) is 25.6 Å². The van der Waals surface area contributed by atoms with Gasteiger partial charge in [0.15, 0.2) is 23.4 Å². The van der Waals surface area contributed by atoms with Gasteiger partial charge in [-0.15, -0.1) is 0 Å². The van der Waals surface area contributed by atoms with E-state index in [-0.39, 0.29) is 11.3 Å². The molecule has 1 atom stereocenters. The van der Waals surface area contributed by atoms with Crippen LogP contribution < -0.4 is 19.5 Å². The second-order valence-corrected chi connectivity index (χ2v) is 6.38. The molecule has 1 heterocycles. The van der Waals surface area contributed by atoms with Crippen molar-refractivity contribution < 1.29 is 33.3 Å². The number of benzene rings is 2. The highest BCUT2D eigenvalue weighted by Gasteiger charge is 2.24. The van der Waals surface area contributed by atoms with Crippen molar-refractivity contribution in [3.63, 3.8) is 0 Å². The first kappa shape index (κ1) is 20.2. The van der Waals surface area contributed by atoms with Crippen LogP contribution in [0.15, 0.2) is 36.4 Å². The quantitative estimate of drug-likeness (QED) is 0.589. The predicted octanol–water partition coefficient (Wildman–Crippen LogP) is 2.85. The minimum absolute atomic E-state index is 0.117. The van der Waals surface area contributed by atoms with Crippen molar-refractivity contribution in [1.82, 2.24) is 0 Å². The van der Waals surface area contributed by atoms with Gasteiger partial charge in [0.1, 0.15) is 13.2 Å². The van der Waals surface area contributed by atoms with Crippen molar-refractivity contribution >= 4 is 23.3 Å². The fourth-order valence-corrected chi connectivity index (χ4v) is 2.73. The van der Waals surface area contributed by atoms with Gasteiger partial charge in [0.05, 0.1) is 12.7 Å². The first-order valence-electron chi connectivity index (χ1n) is 8.99. The molecule has 0 fully saturated rings. The lowest BCUT2D eigenvalue weighted by molar-refractivity contribution is -0.123. The average molecular weight is 399 g/mol. The number of ketones is 1. The van der Waals surface area contributed by atoms with E-state index in [0.717, 1.165) is 0 Å². The number of hydrogen-bond donors (Lipinski definition) is 1. The van der Waals surface area contributed by atoms with Crippen LogP contribution in [0.5, 0.6) is 17.2 Å². The van der Waals surface area contributed by atoms with Crippen molar-refractivity contribution in [3.8, 4) is 17.2 Å². The Morgan fingerprint density at radius 3 is 2.55 bits per heavy atom. The number of esters is 1. The lowest BCUT2D eigenvalue weighted by Gasteiger charge is -2.21. The predicted molar refractivity (Wildman–Crippen MR) is 104 cm³/mol. The van der Waals surface area contributed by atoms with Crippen LogP contribution in [-0.4, -0.2) is 44.1 Å². The zero-order valence-corrected chi connectivity index (χ0v) is 16.3.